The van der Waals surface area contributed by atoms with E-state index in [1.165, 1.54) is 6.07 Å². The molecular formula is C14H18F2N2O. The lowest BCUT2D eigenvalue weighted by Crippen LogP contribution is -2.48. The molecule has 1 aliphatic heterocycles. The van der Waals surface area contributed by atoms with E-state index in [4.69, 9.17) is 0 Å². The van der Waals surface area contributed by atoms with E-state index in [0.29, 0.717) is 13.1 Å². The van der Waals surface area contributed by atoms with Gasteiger partial charge >= 0.3 is 0 Å². The van der Waals surface area contributed by atoms with Crippen molar-refractivity contribution in [3.63, 3.8) is 0 Å². The van der Waals surface area contributed by atoms with Gasteiger partial charge in [-0.1, -0.05) is 0 Å². The van der Waals surface area contributed by atoms with Crippen LogP contribution in [-0.2, 0) is 0 Å². The van der Waals surface area contributed by atoms with Crippen LogP contribution >= 0.6 is 0 Å². The maximum Gasteiger partial charge on any atom is 0.257 e. The summed E-state index contributed by atoms with van der Waals surface area (Å²) in [5.41, 5.74) is -0.0515. The number of likely N-dealkylation sites (tertiary alicyclic amines) is 1. The van der Waals surface area contributed by atoms with Gasteiger partial charge in [-0.2, -0.15) is 0 Å². The Bertz CT molecular complexity index is 463. The molecule has 1 fully saturated rings. The quantitative estimate of drug-likeness (QED) is 0.911. The molecule has 0 bridgehead atoms. The second kappa shape index (κ2) is 6.10. The highest BCUT2D eigenvalue weighted by Gasteiger charge is 2.28. The highest BCUT2D eigenvalue weighted by atomic mass is 19.1. The maximum atomic E-state index is 13.7. The third kappa shape index (κ3) is 3.10. The second-order valence-electron chi connectivity index (χ2n) is 4.83. The molecule has 0 spiro atoms. The summed E-state index contributed by atoms with van der Waals surface area (Å²) < 4.78 is 26.5. The SMILES string of the molecule is CNCC1CCCCN1C(=O)c1ccc(F)cc1F. The van der Waals surface area contributed by atoms with Crippen LogP contribution in [0.25, 0.3) is 0 Å². The number of hydrogen-bond donors (Lipinski definition) is 1. The Morgan fingerprint density at radius 3 is 2.89 bits per heavy atom. The minimum Gasteiger partial charge on any atom is -0.334 e. The molecule has 104 valence electrons. The molecule has 2 rings (SSSR count). The van der Waals surface area contributed by atoms with E-state index in [2.05, 4.69) is 5.32 Å². The van der Waals surface area contributed by atoms with E-state index in [1.807, 2.05) is 7.05 Å². The van der Waals surface area contributed by atoms with Crippen molar-refractivity contribution in [2.45, 2.75) is 25.3 Å². The molecule has 1 atom stereocenters. The van der Waals surface area contributed by atoms with Crippen molar-refractivity contribution in [3.8, 4) is 0 Å². The minimum atomic E-state index is -0.793. The average molecular weight is 268 g/mol. The summed E-state index contributed by atoms with van der Waals surface area (Å²) in [5, 5.41) is 3.05. The lowest BCUT2D eigenvalue weighted by Gasteiger charge is -2.35. The van der Waals surface area contributed by atoms with Crippen LogP contribution in [-0.4, -0.2) is 37.0 Å². The average Bonchev–Trinajstić information content (AvgIpc) is 2.39. The lowest BCUT2D eigenvalue weighted by atomic mass is 10.0. The van der Waals surface area contributed by atoms with Gasteiger partial charge in [-0.05, 0) is 38.4 Å². The second-order valence-corrected chi connectivity index (χ2v) is 4.83. The molecule has 1 saturated heterocycles. The number of benzene rings is 1. The van der Waals surface area contributed by atoms with Crippen molar-refractivity contribution in [1.82, 2.24) is 10.2 Å². The first-order valence-corrected chi connectivity index (χ1v) is 6.54. The largest absolute Gasteiger partial charge is 0.334 e. The van der Waals surface area contributed by atoms with Crippen molar-refractivity contribution >= 4 is 5.91 Å². The Labute approximate surface area is 111 Å². The molecular weight excluding hydrogens is 250 g/mol. The zero-order chi connectivity index (χ0) is 13.8. The van der Waals surface area contributed by atoms with Crippen LogP contribution in [0.5, 0.6) is 0 Å². The maximum absolute atomic E-state index is 13.7. The fourth-order valence-electron chi connectivity index (χ4n) is 2.53. The smallest absolute Gasteiger partial charge is 0.257 e. The Morgan fingerprint density at radius 2 is 2.21 bits per heavy atom. The highest BCUT2D eigenvalue weighted by Crippen LogP contribution is 2.21. The zero-order valence-electron chi connectivity index (χ0n) is 11.0. The van der Waals surface area contributed by atoms with E-state index < -0.39 is 11.6 Å². The van der Waals surface area contributed by atoms with Gasteiger partial charge in [0.15, 0.2) is 0 Å². The number of carbonyl (C=O) groups excluding carboxylic acids is 1. The van der Waals surface area contributed by atoms with Gasteiger partial charge in [0.2, 0.25) is 0 Å². The number of carbonyl (C=O) groups is 1. The summed E-state index contributed by atoms with van der Waals surface area (Å²) in [4.78, 5) is 14.0. The topological polar surface area (TPSA) is 32.3 Å². The number of likely N-dealkylation sites (N-methyl/N-ethyl adjacent to an activating group) is 1. The van der Waals surface area contributed by atoms with Crippen molar-refractivity contribution in [1.29, 1.82) is 0 Å². The van der Waals surface area contributed by atoms with Crippen molar-refractivity contribution in [2.75, 3.05) is 20.1 Å². The third-order valence-electron chi connectivity index (χ3n) is 3.49. The van der Waals surface area contributed by atoms with Crippen LogP contribution in [0.1, 0.15) is 29.6 Å². The van der Waals surface area contributed by atoms with Gasteiger partial charge in [0.25, 0.3) is 5.91 Å². The number of amides is 1. The summed E-state index contributed by atoms with van der Waals surface area (Å²) in [5.74, 6) is -1.81. The highest BCUT2D eigenvalue weighted by molar-refractivity contribution is 5.94. The molecule has 19 heavy (non-hydrogen) atoms. The molecule has 0 aliphatic carbocycles. The summed E-state index contributed by atoms with van der Waals surface area (Å²) in [7, 11) is 1.83. The first-order valence-electron chi connectivity index (χ1n) is 6.54. The summed E-state index contributed by atoms with van der Waals surface area (Å²) >= 11 is 0. The molecule has 0 aromatic heterocycles. The number of hydrogen-bond acceptors (Lipinski definition) is 2. The van der Waals surface area contributed by atoms with Crippen LogP contribution < -0.4 is 5.32 Å². The number of piperidine rings is 1. The van der Waals surface area contributed by atoms with Crippen LogP contribution in [0.3, 0.4) is 0 Å². The van der Waals surface area contributed by atoms with E-state index in [9.17, 15) is 13.6 Å². The van der Waals surface area contributed by atoms with Gasteiger partial charge in [-0.15, -0.1) is 0 Å². The monoisotopic (exact) mass is 268 g/mol. The molecule has 3 nitrogen and oxygen atoms in total. The summed E-state index contributed by atoms with van der Waals surface area (Å²) in [6.45, 7) is 1.32. The van der Waals surface area contributed by atoms with Gasteiger partial charge in [0, 0.05) is 25.2 Å². The van der Waals surface area contributed by atoms with Crippen LogP contribution in [0.4, 0.5) is 8.78 Å². The molecule has 1 aliphatic rings. The summed E-state index contributed by atoms with van der Waals surface area (Å²) in [6.07, 6.45) is 2.91. The zero-order valence-corrected chi connectivity index (χ0v) is 11.0. The molecule has 0 saturated carbocycles. The minimum absolute atomic E-state index is 0.0515. The Kier molecular flexibility index (Phi) is 4.47. The Hall–Kier alpha value is -1.49. The fraction of sp³-hybridized carbons (Fsp3) is 0.500. The third-order valence-corrected chi connectivity index (χ3v) is 3.49. The Morgan fingerprint density at radius 1 is 1.42 bits per heavy atom. The van der Waals surface area contributed by atoms with E-state index >= 15 is 0 Å². The predicted octanol–water partition coefficient (Wildman–Crippen LogP) is 2.18. The van der Waals surface area contributed by atoms with Crippen LogP contribution in [0.15, 0.2) is 18.2 Å². The molecule has 1 unspecified atom stereocenters. The van der Waals surface area contributed by atoms with E-state index in [-0.39, 0.29) is 17.5 Å². The van der Waals surface area contributed by atoms with Crippen LogP contribution in [0, 0.1) is 11.6 Å². The number of nitrogens with one attached hydrogen (secondary N) is 1. The van der Waals surface area contributed by atoms with Crippen molar-refractivity contribution in [3.05, 3.63) is 35.4 Å². The lowest BCUT2D eigenvalue weighted by molar-refractivity contribution is 0.0610. The summed E-state index contributed by atoms with van der Waals surface area (Å²) in [6, 6.07) is 3.17. The molecule has 1 aromatic carbocycles. The molecule has 1 aromatic rings. The number of halogens is 2. The van der Waals surface area contributed by atoms with Gasteiger partial charge in [0.1, 0.15) is 11.6 Å². The van der Waals surface area contributed by atoms with Gasteiger partial charge in [-0.3, -0.25) is 4.79 Å². The first-order chi connectivity index (χ1) is 9.13. The predicted molar refractivity (Wildman–Crippen MR) is 69.0 cm³/mol. The Balaban J connectivity index is 2.21. The standard InChI is InChI=1S/C14H18F2N2O/c1-17-9-11-4-2-3-7-18(11)14(19)12-6-5-10(15)8-13(12)16/h5-6,8,11,17H,2-4,7,9H2,1H3. The number of nitrogens with zero attached hydrogens (tertiary/aromatic N) is 1. The van der Waals surface area contributed by atoms with Crippen LogP contribution in [0.2, 0.25) is 0 Å². The fourth-order valence-corrected chi connectivity index (χ4v) is 2.53. The van der Waals surface area contributed by atoms with E-state index in [1.54, 1.807) is 4.90 Å². The molecule has 1 heterocycles. The van der Waals surface area contributed by atoms with Crippen molar-refractivity contribution in [2.24, 2.45) is 0 Å². The number of rotatable bonds is 3. The normalized spacial score (nSPS) is 19.5. The van der Waals surface area contributed by atoms with Gasteiger partial charge in [0.05, 0.1) is 5.56 Å². The first kappa shape index (κ1) is 13.9. The van der Waals surface area contributed by atoms with E-state index in [0.717, 1.165) is 31.4 Å². The molecule has 5 heteroatoms. The molecule has 1 amide bonds. The van der Waals surface area contributed by atoms with Gasteiger partial charge < -0.3 is 10.2 Å². The van der Waals surface area contributed by atoms with Crippen molar-refractivity contribution < 1.29 is 13.6 Å². The molecule has 1 N–H and O–H groups in total. The van der Waals surface area contributed by atoms with Gasteiger partial charge in [-0.25, -0.2) is 8.78 Å². The molecule has 0 radical (unpaired) electrons.